The Bertz CT molecular complexity index is 652. The molecule has 0 radical (unpaired) electrons. The van der Waals surface area contributed by atoms with Crippen LogP contribution in [0.15, 0.2) is 29.6 Å². The number of carbonyl (C=O) groups excluding carboxylic acids is 1. The number of nitrogens with one attached hydrogen (secondary N) is 1. The van der Waals surface area contributed by atoms with Gasteiger partial charge in [-0.25, -0.2) is 0 Å². The monoisotopic (exact) mass is 310 g/mol. The summed E-state index contributed by atoms with van der Waals surface area (Å²) < 4.78 is 0. The van der Waals surface area contributed by atoms with Gasteiger partial charge in [0.1, 0.15) is 4.99 Å². The van der Waals surface area contributed by atoms with Crippen LogP contribution in [0.3, 0.4) is 0 Å². The molecule has 0 aliphatic carbocycles. The largest absolute Gasteiger partial charge is 0.389 e. The summed E-state index contributed by atoms with van der Waals surface area (Å²) in [5.41, 5.74) is 7.66. The summed E-state index contributed by atoms with van der Waals surface area (Å²) in [5.74, 6) is -0.186. The zero-order valence-electron chi connectivity index (χ0n) is 10.1. The van der Waals surface area contributed by atoms with E-state index in [9.17, 15) is 4.79 Å². The summed E-state index contributed by atoms with van der Waals surface area (Å²) in [6.45, 7) is 1.89. The molecule has 0 saturated carbocycles. The van der Waals surface area contributed by atoms with Gasteiger partial charge in [0, 0.05) is 5.56 Å². The number of aryl methyl sites for hydroxylation is 1. The maximum Gasteiger partial charge on any atom is 0.266 e. The number of halogens is 1. The Morgan fingerprint density at radius 1 is 1.42 bits per heavy atom. The molecule has 1 amide bonds. The average molecular weight is 311 g/mol. The molecule has 2 rings (SSSR count). The summed E-state index contributed by atoms with van der Waals surface area (Å²) in [6.07, 6.45) is 0. The standard InChI is InChI=1S/C13H11ClN2OS2/c1-7-4-5-19-11(7)13(17)16-10-6-8(12(15)18)2-3-9(10)14/h2-6H,1H3,(H2,15,18)(H,16,17). The molecule has 0 atom stereocenters. The molecule has 0 spiro atoms. The van der Waals surface area contributed by atoms with Gasteiger partial charge < -0.3 is 11.1 Å². The van der Waals surface area contributed by atoms with Crippen LogP contribution in [-0.4, -0.2) is 10.9 Å². The molecule has 0 fully saturated rings. The zero-order chi connectivity index (χ0) is 14.0. The lowest BCUT2D eigenvalue weighted by Crippen LogP contribution is -2.14. The normalized spacial score (nSPS) is 10.2. The third-order valence-electron chi connectivity index (χ3n) is 2.57. The topological polar surface area (TPSA) is 55.1 Å². The summed E-state index contributed by atoms with van der Waals surface area (Å²) >= 11 is 12.3. The molecule has 19 heavy (non-hydrogen) atoms. The highest BCUT2D eigenvalue weighted by Crippen LogP contribution is 2.25. The molecule has 0 unspecified atom stereocenters. The number of thiocarbonyl (C=S) groups is 1. The van der Waals surface area contributed by atoms with Crippen LogP contribution in [0.1, 0.15) is 20.8 Å². The minimum Gasteiger partial charge on any atom is -0.389 e. The first-order valence-electron chi connectivity index (χ1n) is 5.44. The van der Waals surface area contributed by atoms with E-state index in [-0.39, 0.29) is 10.9 Å². The molecule has 1 aromatic heterocycles. The predicted octanol–water partition coefficient (Wildman–Crippen LogP) is 3.60. The number of rotatable bonds is 3. The predicted molar refractivity (Wildman–Crippen MR) is 84.3 cm³/mol. The van der Waals surface area contributed by atoms with E-state index in [1.165, 1.54) is 11.3 Å². The average Bonchev–Trinajstić information content (AvgIpc) is 2.78. The van der Waals surface area contributed by atoms with Gasteiger partial charge in [0.2, 0.25) is 0 Å². The second-order valence-electron chi connectivity index (χ2n) is 3.95. The van der Waals surface area contributed by atoms with E-state index < -0.39 is 0 Å². The Kier molecular flexibility index (Phi) is 4.19. The molecule has 2 aromatic rings. The van der Waals surface area contributed by atoms with Crippen molar-refractivity contribution in [1.29, 1.82) is 0 Å². The molecule has 0 aliphatic heterocycles. The van der Waals surface area contributed by atoms with E-state index in [1.807, 2.05) is 18.4 Å². The summed E-state index contributed by atoms with van der Waals surface area (Å²) in [5, 5.41) is 5.09. The highest BCUT2D eigenvalue weighted by Gasteiger charge is 2.13. The van der Waals surface area contributed by atoms with E-state index in [1.54, 1.807) is 18.2 Å². The summed E-state index contributed by atoms with van der Waals surface area (Å²) in [7, 11) is 0. The Hall–Kier alpha value is -1.43. The van der Waals surface area contributed by atoms with Gasteiger partial charge >= 0.3 is 0 Å². The lowest BCUT2D eigenvalue weighted by atomic mass is 10.2. The molecule has 6 heteroatoms. The second kappa shape index (κ2) is 5.69. The van der Waals surface area contributed by atoms with E-state index in [0.29, 0.717) is 21.2 Å². The smallest absolute Gasteiger partial charge is 0.266 e. The third-order valence-corrected chi connectivity index (χ3v) is 4.15. The first-order chi connectivity index (χ1) is 8.99. The number of thiophene rings is 1. The minimum absolute atomic E-state index is 0.186. The van der Waals surface area contributed by atoms with Gasteiger partial charge in [0.05, 0.1) is 15.6 Å². The van der Waals surface area contributed by atoms with E-state index in [0.717, 1.165) is 5.56 Å². The SMILES string of the molecule is Cc1ccsc1C(=O)Nc1cc(C(N)=S)ccc1Cl. The molecule has 3 N–H and O–H groups in total. The van der Waals surface area contributed by atoms with Crippen LogP contribution in [0.25, 0.3) is 0 Å². The highest BCUT2D eigenvalue weighted by molar-refractivity contribution is 7.80. The molecule has 0 bridgehead atoms. The van der Waals surface area contributed by atoms with Crippen molar-refractivity contribution in [3.63, 3.8) is 0 Å². The first kappa shape index (κ1) is 14.0. The minimum atomic E-state index is -0.186. The van der Waals surface area contributed by atoms with Crippen molar-refractivity contribution in [2.75, 3.05) is 5.32 Å². The van der Waals surface area contributed by atoms with Crippen LogP contribution in [0, 0.1) is 6.92 Å². The lowest BCUT2D eigenvalue weighted by molar-refractivity contribution is 0.103. The lowest BCUT2D eigenvalue weighted by Gasteiger charge is -2.08. The van der Waals surface area contributed by atoms with Gasteiger partial charge in [-0.2, -0.15) is 0 Å². The van der Waals surface area contributed by atoms with Crippen LogP contribution >= 0.6 is 35.2 Å². The van der Waals surface area contributed by atoms with Gasteiger partial charge in [-0.15, -0.1) is 11.3 Å². The first-order valence-corrected chi connectivity index (χ1v) is 7.10. The van der Waals surface area contributed by atoms with Gasteiger partial charge in [0.25, 0.3) is 5.91 Å². The fraction of sp³-hybridized carbons (Fsp3) is 0.0769. The van der Waals surface area contributed by atoms with Crippen molar-refractivity contribution in [1.82, 2.24) is 0 Å². The van der Waals surface area contributed by atoms with Crippen LogP contribution in [0.4, 0.5) is 5.69 Å². The summed E-state index contributed by atoms with van der Waals surface area (Å²) in [6, 6.07) is 6.95. The number of carbonyl (C=O) groups is 1. The van der Waals surface area contributed by atoms with E-state index in [2.05, 4.69) is 5.32 Å². The molecular formula is C13H11ClN2OS2. The van der Waals surface area contributed by atoms with Crippen molar-refractivity contribution >= 4 is 51.7 Å². The van der Waals surface area contributed by atoms with E-state index >= 15 is 0 Å². The number of nitrogens with two attached hydrogens (primary N) is 1. The van der Waals surface area contributed by atoms with Crippen LogP contribution in [-0.2, 0) is 0 Å². The van der Waals surface area contributed by atoms with Crippen molar-refractivity contribution in [2.45, 2.75) is 6.92 Å². The number of benzene rings is 1. The summed E-state index contributed by atoms with van der Waals surface area (Å²) in [4.78, 5) is 13.0. The van der Waals surface area contributed by atoms with Crippen LogP contribution in [0.2, 0.25) is 5.02 Å². The third kappa shape index (κ3) is 3.12. The number of anilines is 1. The van der Waals surface area contributed by atoms with E-state index in [4.69, 9.17) is 29.6 Å². The number of amides is 1. The highest BCUT2D eigenvalue weighted by atomic mass is 35.5. The molecule has 3 nitrogen and oxygen atoms in total. The molecular weight excluding hydrogens is 300 g/mol. The number of hydrogen-bond acceptors (Lipinski definition) is 3. The fourth-order valence-corrected chi connectivity index (χ4v) is 2.67. The van der Waals surface area contributed by atoms with Gasteiger partial charge in [-0.05, 0) is 36.1 Å². The maximum absolute atomic E-state index is 12.1. The van der Waals surface area contributed by atoms with Gasteiger partial charge in [-0.3, -0.25) is 4.79 Å². The van der Waals surface area contributed by atoms with Crippen molar-refractivity contribution in [2.24, 2.45) is 5.73 Å². The quantitative estimate of drug-likeness (QED) is 0.852. The van der Waals surface area contributed by atoms with Crippen molar-refractivity contribution in [3.05, 3.63) is 50.7 Å². The fourth-order valence-electron chi connectivity index (χ4n) is 1.56. The Balaban J connectivity index is 2.28. The van der Waals surface area contributed by atoms with Crippen LogP contribution in [0.5, 0.6) is 0 Å². The zero-order valence-corrected chi connectivity index (χ0v) is 12.5. The van der Waals surface area contributed by atoms with Gasteiger partial charge in [-0.1, -0.05) is 29.9 Å². The second-order valence-corrected chi connectivity index (χ2v) is 5.71. The molecule has 98 valence electrons. The Morgan fingerprint density at radius 2 is 2.16 bits per heavy atom. The van der Waals surface area contributed by atoms with Gasteiger partial charge in [0.15, 0.2) is 0 Å². The van der Waals surface area contributed by atoms with Crippen molar-refractivity contribution < 1.29 is 4.79 Å². The Labute approximate surface area is 125 Å². The van der Waals surface area contributed by atoms with Crippen LogP contribution < -0.4 is 11.1 Å². The van der Waals surface area contributed by atoms with Crippen molar-refractivity contribution in [3.8, 4) is 0 Å². The molecule has 1 heterocycles. The molecule has 0 saturated heterocycles. The Morgan fingerprint density at radius 3 is 2.74 bits per heavy atom. The molecule has 0 aliphatic rings. The maximum atomic E-state index is 12.1. The molecule has 1 aromatic carbocycles. The number of hydrogen-bond donors (Lipinski definition) is 2.